The zero-order valence-corrected chi connectivity index (χ0v) is 32.2. The fourth-order valence-corrected chi connectivity index (χ4v) is 8.14. The molecule has 9 aromatic carbocycles. The summed E-state index contributed by atoms with van der Waals surface area (Å²) >= 11 is 0. The Morgan fingerprint density at radius 1 is 0.328 bits per heavy atom. The molecule has 3 nitrogen and oxygen atoms in total. The van der Waals surface area contributed by atoms with Gasteiger partial charge in [-0.1, -0.05) is 133 Å². The molecular weight excluding hydrogens is 705 g/mol. The van der Waals surface area contributed by atoms with Crippen molar-refractivity contribution >= 4 is 56.1 Å². The summed E-state index contributed by atoms with van der Waals surface area (Å²) in [5.41, 5.74) is 16.3. The maximum absolute atomic E-state index is 6.60. The molecule has 0 atom stereocenters. The van der Waals surface area contributed by atoms with Crippen LogP contribution in [0.25, 0.3) is 55.3 Å². The van der Waals surface area contributed by atoms with Gasteiger partial charge in [-0.05, 0) is 131 Å². The number of rotatable bonds is 9. The minimum atomic E-state index is 0.892. The Hall–Kier alpha value is -7.62. The van der Waals surface area contributed by atoms with E-state index in [9.17, 15) is 0 Å². The molecular formula is C55H40N2O. The summed E-state index contributed by atoms with van der Waals surface area (Å²) in [6, 6.07) is 79.8. The Balaban J connectivity index is 1.13. The largest absolute Gasteiger partial charge is 0.455 e. The third kappa shape index (κ3) is 6.59. The summed E-state index contributed by atoms with van der Waals surface area (Å²) < 4.78 is 6.60. The van der Waals surface area contributed by atoms with Crippen molar-refractivity contribution in [2.24, 2.45) is 0 Å². The highest BCUT2D eigenvalue weighted by Crippen LogP contribution is 2.42. The van der Waals surface area contributed by atoms with Crippen molar-refractivity contribution in [2.45, 2.75) is 6.92 Å². The van der Waals surface area contributed by atoms with E-state index in [1.807, 2.05) is 6.07 Å². The van der Waals surface area contributed by atoms with Crippen molar-refractivity contribution in [3.8, 4) is 33.4 Å². The topological polar surface area (TPSA) is 19.6 Å². The van der Waals surface area contributed by atoms with Crippen LogP contribution in [0.4, 0.5) is 34.1 Å². The summed E-state index contributed by atoms with van der Waals surface area (Å²) in [5, 5.41) is 2.24. The predicted octanol–water partition coefficient (Wildman–Crippen LogP) is 15.8. The van der Waals surface area contributed by atoms with Crippen molar-refractivity contribution in [2.75, 3.05) is 9.80 Å². The lowest BCUT2D eigenvalue weighted by atomic mass is 9.92. The highest BCUT2D eigenvalue weighted by atomic mass is 16.3. The highest BCUT2D eigenvalue weighted by Gasteiger charge is 2.18. The number of furan rings is 1. The summed E-state index contributed by atoms with van der Waals surface area (Å²) in [5.74, 6) is 0. The second-order valence-corrected chi connectivity index (χ2v) is 14.6. The highest BCUT2D eigenvalue weighted by molar-refractivity contribution is 6.10. The molecule has 0 unspecified atom stereocenters. The molecule has 0 saturated heterocycles. The average Bonchev–Trinajstić information content (AvgIpc) is 3.68. The first-order valence-electron chi connectivity index (χ1n) is 19.8. The van der Waals surface area contributed by atoms with Gasteiger partial charge in [-0.2, -0.15) is 0 Å². The molecule has 0 spiro atoms. The van der Waals surface area contributed by atoms with E-state index in [-0.39, 0.29) is 0 Å². The smallest absolute Gasteiger partial charge is 0.143 e. The van der Waals surface area contributed by atoms with Gasteiger partial charge in [0, 0.05) is 50.5 Å². The first-order chi connectivity index (χ1) is 28.7. The molecule has 0 radical (unpaired) electrons. The number of para-hydroxylation sites is 6. The van der Waals surface area contributed by atoms with E-state index in [4.69, 9.17) is 4.42 Å². The maximum atomic E-state index is 6.60. The molecule has 0 aliphatic heterocycles. The van der Waals surface area contributed by atoms with Gasteiger partial charge in [0.05, 0.1) is 0 Å². The number of fused-ring (bicyclic) bond motifs is 3. The third-order valence-corrected chi connectivity index (χ3v) is 10.9. The lowest BCUT2D eigenvalue weighted by Gasteiger charge is -2.27. The third-order valence-electron chi connectivity index (χ3n) is 10.9. The van der Waals surface area contributed by atoms with Crippen LogP contribution in [0.5, 0.6) is 0 Å². The molecule has 10 aromatic rings. The van der Waals surface area contributed by atoms with Crippen LogP contribution in [0.15, 0.2) is 229 Å². The van der Waals surface area contributed by atoms with Crippen molar-refractivity contribution in [1.29, 1.82) is 0 Å². The van der Waals surface area contributed by atoms with E-state index in [0.29, 0.717) is 0 Å². The van der Waals surface area contributed by atoms with Gasteiger partial charge in [0.15, 0.2) is 0 Å². The van der Waals surface area contributed by atoms with Crippen LogP contribution in [-0.4, -0.2) is 0 Å². The fourth-order valence-electron chi connectivity index (χ4n) is 8.14. The number of nitrogens with zero attached hydrogens (tertiary/aromatic N) is 2. The van der Waals surface area contributed by atoms with Crippen molar-refractivity contribution in [3.05, 3.63) is 230 Å². The lowest BCUT2D eigenvalue weighted by Crippen LogP contribution is -2.11. The molecule has 1 aromatic heterocycles. The zero-order valence-electron chi connectivity index (χ0n) is 32.2. The zero-order chi connectivity index (χ0) is 38.8. The predicted molar refractivity (Wildman–Crippen MR) is 244 cm³/mol. The number of aryl methyl sites for hydroxylation is 1. The van der Waals surface area contributed by atoms with E-state index in [1.165, 1.54) is 5.56 Å². The van der Waals surface area contributed by atoms with Gasteiger partial charge < -0.3 is 14.2 Å². The molecule has 0 N–H and O–H groups in total. The van der Waals surface area contributed by atoms with Crippen LogP contribution < -0.4 is 9.80 Å². The molecule has 1 heterocycles. The molecule has 0 bridgehead atoms. The number of hydrogen-bond donors (Lipinski definition) is 0. The first kappa shape index (κ1) is 34.8. The average molecular weight is 745 g/mol. The van der Waals surface area contributed by atoms with Crippen molar-refractivity contribution in [3.63, 3.8) is 0 Å². The van der Waals surface area contributed by atoms with Crippen LogP contribution >= 0.6 is 0 Å². The van der Waals surface area contributed by atoms with Crippen LogP contribution in [0.1, 0.15) is 5.56 Å². The number of hydrogen-bond acceptors (Lipinski definition) is 3. The van der Waals surface area contributed by atoms with E-state index in [2.05, 4.69) is 235 Å². The minimum Gasteiger partial charge on any atom is -0.455 e. The Bertz CT molecular complexity index is 2970. The van der Waals surface area contributed by atoms with Gasteiger partial charge >= 0.3 is 0 Å². The van der Waals surface area contributed by atoms with Gasteiger partial charge in [0.2, 0.25) is 0 Å². The standard InChI is InChI=1S/C55H40N2O/c1-39-17-11-13-29-53(39)57(47-23-9-4-10-24-47)49-25-15-18-41(38-49)43-35-42(36-44(37-43)50-27-16-28-52-51-26-12-14-30-54(51)58-55(50)52)40-31-33-48(34-32-40)56(45-19-5-2-6-20-45)46-21-7-3-8-22-46/h2-38H,1H3. The van der Waals surface area contributed by atoms with Gasteiger partial charge in [-0.25, -0.2) is 0 Å². The maximum Gasteiger partial charge on any atom is 0.143 e. The van der Waals surface area contributed by atoms with Gasteiger partial charge in [-0.3, -0.25) is 0 Å². The Morgan fingerprint density at radius 3 is 1.53 bits per heavy atom. The fraction of sp³-hybridized carbons (Fsp3) is 0.0182. The van der Waals surface area contributed by atoms with Gasteiger partial charge in [0.25, 0.3) is 0 Å². The molecule has 58 heavy (non-hydrogen) atoms. The SMILES string of the molecule is Cc1ccccc1N(c1ccccc1)c1cccc(-c2cc(-c3ccc(N(c4ccccc4)c4ccccc4)cc3)cc(-c3cccc4c3oc3ccccc34)c2)c1. The molecule has 0 aliphatic carbocycles. The number of anilines is 6. The molecule has 0 amide bonds. The Kier molecular flexibility index (Phi) is 9.09. The van der Waals surface area contributed by atoms with Crippen molar-refractivity contribution in [1.82, 2.24) is 0 Å². The van der Waals surface area contributed by atoms with E-state index in [1.54, 1.807) is 0 Å². The molecule has 10 rings (SSSR count). The van der Waals surface area contributed by atoms with E-state index >= 15 is 0 Å². The second-order valence-electron chi connectivity index (χ2n) is 14.6. The van der Waals surface area contributed by atoms with Gasteiger partial charge in [0.1, 0.15) is 11.2 Å². The van der Waals surface area contributed by atoms with E-state index < -0.39 is 0 Å². The molecule has 0 saturated carbocycles. The summed E-state index contributed by atoms with van der Waals surface area (Å²) in [6.45, 7) is 2.17. The Labute approximate surface area is 339 Å². The minimum absolute atomic E-state index is 0.892. The second kappa shape index (κ2) is 15.1. The van der Waals surface area contributed by atoms with E-state index in [0.717, 1.165) is 89.4 Å². The summed E-state index contributed by atoms with van der Waals surface area (Å²) in [6.07, 6.45) is 0. The molecule has 0 fully saturated rings. The lowest BCUT2D eigenvalue weighted by molar-refractivity contribution is 0.670. The summed E-state index contributed by atoms with van der Waals surface area (Å²) in [4.78, 5) is 4.65. The molecule has 3 heteroatoms. The molecule has 276 valence electrons. The van der Waals surface area contributed by atoms with Crippen LogP contribution in [0, 0.1) is 6.92 Å². The van der Waals surface area contributed by atoms with Gasteiger partial charge in [-0.15, -0.1) is 0 Å². The number of benzene rings is 9. The van der Waals surface area contributed by atoms with Crippen molar-refractivity contribution < 1.29 is 4.42 Å². The quantitative estimate of drug-likeness (QED) is 0.147. The Morgan fingerprint density at radius 2 is 0.845 bits per heavy atom. The van der Waals surface area contributed by atoms with Crippen LogP contribution in [0.2, 0.25) is 0 Å². The van der Waals surface area contributed by atoms with Crippen LogP contribution in [0.3, 0.4) is 0 Å². The monoisotopic (exact) mass is 744 g/mol. The molecule has 0 aliphatic rings. The first-order valence-corrected chi connectivity index (χ1v) is 19.8. The summed E-state index contributed by atoms with van der Waals surface area (Å²) in [7, 11) is 0. The van der Waals surface area contributed by atoms with Crippen LogP contribution in [-0.2, 0) is 0 Å². The normalized spacial score (nSPS) is 11.2.